The number of piperazine rings is 1. The van der Waals surface area contributed by atoms with Crippen molar-refractivity contribution in [1.29, 1.82) is 0 Å². The Morgan fingerprint density at radius 3 is 2.54 bits per heavy atom. The number of hydrogen-bond donors (Lipinski definition) is 0. The van der Waals surface area contributed by atoms with Crippen molar-refractivity contribution >= 4 is 28.4 Å². The molecule has 1 aliphatic rings. The summed E-state index contributed by atoms with van der Waals surface area (Å²) in [4.78, 5) is 21.5. The fourth-order valence-corrected chi connectivity index (χ4v) is 3.56. The molecular weight excluding hydrogens is 374 g/mol. The fourth-order valence-electron chi connectivity index (χ4n) is 3.37. The molecule has 1 amide bonds. The van der Waals surface area contributed by atoms with Crippen molar-refractivity contribution in [2.75, 3.05) is 39.3 Å². The first-order chi connectivity index (χ1) is 13.7. The second kappa shape index (κ2) is 8.59. The van der Waals surface area contributed by atoms with Gasteiger partial charge in [0.15, 0.2) is 0 Å². The quantitative estimate of drug-likeness (QED) is 0.660. The van der Waals surface area contributed by atoms with E-state index >= 15 is 0 Å². The Bertz CT molecular complexity index is 971. The zero-order valence-electron chi connectivity index (χ0n) is 15.6. The number of benzene rings is 2. The van der Waals surface area contributed by atoms with Crippen LogP contribution in [0, 0.1) is 0 Å². The van der Waals surface area contributed by atoms with Gasteiger partial charge in [-0.3, -0.25) is 9.69 Å². The van der Waals surface area contributed by atoms with Gasteiger partial charge in [-0.1, -0.05) is 48.0 Å². The predicted octanol–water partition coefficient (Wildman–Crippen LogP) is 3.73. The molecule has 0 aliphatic carbocycles. The molecule has 144 valence electrons. The molecule has 1 saturated heterocycles. The van der Waals surface area contributed by atoms with E-state index in [9.17, 15) is 4.79 Å². The number of ether oxygens (including phenoxy) is 1. The third-order valence-corrected chi connectivity index (χ3v) is 5.29. The number of carbonyl (C=O) groups is 1. The Labute approximate surface area is 169 Å². The van der Waals surface area contributed by atoms with Gasteiger partial charge < -0.3 is 9.64 Å². The van der Waals surface area contributed by atoms with Gasteiger partial charge in [-0.2, -0.15) is 0 Å². The van der Waals surface area contributed by atoms with Crippen LogP contribution in [0.1, 0.15) is 10.5 Å². The number of nitrogens with zero attached hydrogens (tertiary/aromatic N) is 3. The van der Waals surface area contributed by atoms with E-state index in [0.717, 1.165) is 30.5 Å². The van der Waals surface area contributed by atoms with Gasteiger partial charge in [0.1, 0.15) is 18.1 Å². The van der Waals surface area contributed by atoms with Crippen LogP contribution in [0.4, 0.5) is 0 Å². The maximum atomic E-state index is 12.8. The van der Waals surface area contributed by atoms with Gasteiger partial charge in [0.05, 0.1) is 10.5 Å². The van der Waals surface area contributed by atoms with Crippen LogP contribution in [0.3, 0.4) is 0 Å². The Hall–Kier alpha value is -2.63. The molecule has 0 unspecified atom stereocenters. The summed E-state index contributed by atoms with van der Waals surface area (Å²) in [5, 5.41) is 1.67. The normalized spacial score (nSPS) is 15.0. The number of amides is 1. The van der Waals surface area contributed by atoms with E-state index in [2.05, 4.69) is 9.88 Å². The van der Waals surface area contributed by atoms with Crippen molar-refractivity contribution in [1.82, 2.24) is 14.8 Å². The summed E-state index contributed by atoms with van der Waals surface area (Å²) in [6.45, 7) is 4.42. The molecule has 1 aromatic heterocycles. The highest BCUT2D eigenvalue weighted by atomic mass is 35.5. The molecule has 2 heterocycles. The minimum Gasteiger partial charge on any atom is -0.491 e. The van der Waals surface area contributed by atoms with Crippen LogP contribution in [-0.4, -0.2) is 60.0 Å². The average Bonchev–Trinajstić information content (AvgIpc) is 2.75. The van der Waals surface area contributed by atoms with Crippen LogP contribution >= 0.6 is 11.6 Å². The van der Waals surface area contributed by atoms with Crippen LogP contribution in [0.25, 0.3) is 10.9 Å². The van der Waals surface area contributed by atoms with Gasteiger partial charge in [-0.15, -0.1) is 0 Å². The molecule has 1 fully saturated rings. The highest BCUT2D eigenvalue weighted by Crippen LogP contribution is 2.23. The summed E-state index contributed by atoms with van der Waals surface area (Å²) in [5.41, 5.74) is 1.36. The van der Waals surface area contributed by atoms with Gasteiger partial charge in [-0.25, -0.2) is 4.98 Å². The molecule has 0 spiro atoms. The summed E-state index contributed by atoms with van der Waals surface area (Å²) in [6.07, 6.45) is 0. The van der Waals surface area contributed by atoms with Crippen LogP contribution in [0.15, 0.2) is 60.7 Å². The Morgan fingerprint density at radius 2 is 1.71 bits per heavy atom. The van der Waals surface area contributed by atoms with Crippen molar-refractivity contribution in [2.45, 2.75) is 0 Å². The van der Waals surface area contributed by atoms with Gasteiger partial charge in [0, 0.05) is 38.1 Å². The van der Waals surface area contributed by atoms with Crippen LogP contribution in [0.2, 0.25) is 5.02 Å². The number of para-hydroxylation sites is 2. The Kier molecular flexibility index (Phi) is 5.74. The zero-order valence-corrected chi connectivity index (χ0v) is 16.3. The number of aromatic nitrogens is 1. The van der Waals surface area contributed by atoms with Crippen LogP contribution in [-0.2, 0) is 0 Å². The molecule has 28 heavy (non-hydrogen) atoms. The molecule has 0 N–H and O–H groups in total. The van der Waals surface area contributed by atoms with E-state index in [1.165, 1.54) is 0 Å². The fraction of sp³-hybridized carbons (Fsp3) is 0.273. The summed E-state index contributed by atoms with van der Waals surface area (Å²) < 4.78 is 5.76. The molecule has 0 saturated carbocycles. The average molecular weight is 396 g/mol. The maximum Gasteiger partial charge on any atom is 0.272 e. The molecule has 2 aromatic carbocycles. The summed E-state index contributed by atoms with van der Waals surface area (Å²) in [6, 6.07) is 19.1. The summed E-state index contributed by atoms with van der Waals surface area (Å²) in [5.74, 6) is 0.707. The van der Waals surface area contributed by atoms with Crippen molar-refractivity contribution in [3.8, 4) is 5.75 Å². The first kappa shape index (κ1) is 18.7. The Balaban J connectivity index is 1.28. The zero-order chi connectivity index (χ0) is 19.3. The summed E-state index contributed by atoms with van der Waals surface area (Å²) in [7, 11) is 0. The standard InChI is InChI=1S/C22H22ClN3O2/c23-18-6-2-4-8-21(18)28-16-15-25-11-13-26(14-12-25)22(27)20-10-9-17-5-1-3-7-19(17)24-20/h1-10H,11-16H2. The van der Waals surface area contributed by atoms with Crippen LogP contribution < -0.4 is 4.74 Å². The molecule has 4 rings (SSSR count). The molecule has 0 atom stereocenters. The third-order valence-electron chi connectivity index (χ3n) is 4.98. The third kappa shape index (κ3) is 4.26. The first-order valence-electron chi connectivity index (χ1n) is 9.45. The minimum absolute atomic E-state index is 0.00211. The van der Waals surface area contributed by atoms with Crippen molar-refractivity contribution in [2.24, 2.45) is 0 Å². The van der Waals surface area contributed by atoms with Gasteiger partial charge in [0.25, 0.3) is 5.91 Å². The highest BCUT2D eigenvalue weighted by Gasteiger charge is 2.23. The summed E-state index contributed by atoms with van der Waals surface area (Å²) >= 11 is 6.11. The van der Waals surface area contributed by atoms with Crippen LogP contribution in [0.5, 0.6) is 5.75 Å². The predicted molar refractivity (Wildman–Crippen MR) is 111 cm³/mol. The lowest BCUT2D eigenvalue weighted by molar-refractivity contribution is 0.0615. The lowest BCUT2D eigenvalue weighted by atomic mass is 10.2. The second-order valence-electron chi connectivity index (χ2n) is 6.80. The molecule has 6 heteroatoms. The number of carbonyl (C=O) groups excluding carboxylic acids is 1. The van der Waals surface area contributed by atoms with Gasteiger partial charge in [0.2, 0.25) is 0 Å². The molecule has 0 radical (unpaired) electrons. The molecular formula is C22H22ClN3O2. The number of fused-ring (bicyclic) bond motifs is 1. The largest absolute Gasteiger partial charge is 0.491 e. The molecule has 0 bridgehead atoms. The molecule has 5 nitrogen and oxygen atoms in total. The number of hydrogen-bond acceptors (Lipinski definition) is 4. The SMILES string of the molecule is O=C(c1ccc2ccccc2n1)N1CCN(CCOc2ccccc2Cl)CC1. The van der Waals surface area contributed by atoms with Gasteiger partial charge >= 0.3 is 0 Å². The van der Waals surface area contributed by atoms with E-state index < -0.39 is 0 Å². The van der Waals surface area contributed by atoms with Crippen molar-refractivity contribution < 1.29 is 9.53 Å². The first-order valence-corrected chi connectivity index (χ1v) is 9.83. The highest BCUT2D eigenvalue weighted by molar-refractivity contribution is 6.32. The van der Waals surface area contributed by atoms with E-state index in [-0.39, 0.29) is 5.91 Å². The van der Waals surface area contributed by atoms with Gasteiger partial charge in [-0.05, 0) is 24.3 Å². The number of pyridine rings is 1. The lowest BCUT2D eigenvalue weighted by Gasteiger charge is -2.34. The van der Waals surface area contributed by atoms with Crippen molar-refractivity contribution in [3.05, 3.63) is 71.4 Å². The number of rotatable bonds is 5. The van der Waals surface area contributed by atoms with Crippen molar-refractivity contribution in [3.63, 3.8) is 0 Å². The van der Waals surface area contributed by atoms with E-state index in [1.807, 2.05) is 65.6 Å². The minimum atomic E-state index is -0.00211. The maximum absolute atomic E-state index is 12.8. The Morgan fingerprint density at radius 1 is 0.964 bits per heavy atom. The smallest absolute Gasteiger partial charge is 0.272 e. The topological polar surface area (TPSA) is 45.7 Å². The molecule has 1 aliphatic heterocycles. The van der Waals surface area contributed by atoms with E-state index in [4.69, 9.17) is 16.3 Å². The van der Waals surface area contributed by atoms with E-state index in [1.54, 1.807) is 0 Å². The van der Waals surface area contributed by atoms with E-state index in [0.29, 0.717) is 36.2 Å². The second-order valence-corrected chi connectivity index (χ2v) is 7.21. The lowest BCUT2D eigenvalue weighted by Crippen LogP contribution is -2.49. The monoisotopic (exact) mass is 395 g/mol. The number of halogens is 1. The molecule has 3 aromatic rings.